The molecule has 3 aromatic carbocycles. The van der Waals surface area contributed by atoms with Crippen LogP contribution in [0.1, 0.15) is 22.3 Å². The summed E-state index contributed by atoms with van der Waals surface area (Å²) in [6, 6.07) is 20.2. The van der Waals surface area contributed by atoms with Gasteiger partial charge < -0.3 is 10.1 Å². The molecule has 0 aliphatic carbocycles. The van der Waals surface area contributed by atoms with Crippen LogP contribution in [0.2, 0.25) is 0 Å². The summed E-state index contributed by atoms with van der Waals surface area (Å²) in [6.07, 6.45) is 1.68. The first-order chi connectivity index (χ1) is 16.8. The maximum atomic E-state index is 12.8. The minimum atomic E-state index is -0.316. The molecule has 178 valence electrons. The maximum absolute atomic E-state index is 12.8. The minimum Gasteiger partial charge on any atom is -0.484 e. The average Bonchev–Trinajstić information content (AvgIpc) is 3.08. The number of benzene rings is 3. The van der Waals surface area contributed by atoms with Crippen LogP contribution in [0.15, 0.2) is 76.1 Å². The van der Waals surface area contributed by atoms with Gasteiger partial charge >= 0.3 is 0 Å². The summed E-state index contributed by atoms with van der Waals surface area (Å²) in [5, 5.41) is 2.53. The van der Waals surface area contributed by atoms with Gasteiger partial charge in [0, 0.05) is 10.2 Å². The number of nitrogens with one attached hydrogen (secondary N) is 1. The van der Waals surface area contributed by atoms with Crippen LogP contribution in [0.25, 0.3) is 6.08 Å². The Balaban J connectivity index is 1.34. The standard InChI is InChI=1S/C27H23BrN2O4S/c1-17-6-9-22(12-18(17)2)29-25(31)16-34-23-10-7-19(8-11-23)14-24-26(32)30(27(33)35-24)15-20-4-3-5-21(28)13-20/h3-14H,15-16H2,1-2H3,(H,29,31)/b24-14-. The molecular weight excluding hydrogens is 528 g/mol. The van der Waals surface area contributed by atoms with E-state index in [1.54, 1.807) is 30.3 Å². The number of hydrogen-bond acceptors (Lipinski definition) is 5. The van der Waals surface area contributed by atoms with Crippen LogP contribution in [-0.4, -0.2) is 28.6 Å². The lowest BCUT2D eigenvalue weighted by molar-refractivity contribution is -0.123. The monoisotopic (exact) mass is 550 g/mol. The number of nitrogens with zero attached hydrogens (tertiary/aromatic N) is 1. The van der Waals surface area contributed by atoms with Gasteiger partial charge in [-0.3, -0.25) is 19.3 Å². The average molecular weight is 551 g/mol. The predicted octanol–water partition coefficient (Wildman–Crippen LogP) is 6.32. The molecule has 0 radical (unpaired) electrons. The molecule has 1 heterocycles. The maximum Gasteiger partial charge on any atom is 0.293 e. The van der Waals surface area contributed by atoms with Crippen molar-refractivity contribution < 1.29 is 19.1 Å². The molecule has 0 bridgehead atoms. The Morgan fingerprint density at radius 3 is 2.51 bits per heavy atom. The number of imide groups is 1. The first-order valence-corrected chi connectivity index (χ1v) is 12.5. The second kappa shape index (κ2) is 10.9. The van der Waals surface area contributed by atoms with Gasteiger partial charge in [-0.25, -0.2) is 0 Å². The highest BCUT2D eigenvalue weighted by Crippen LogP contribution is 2.33. The molecule has 0 aromatic heterocycles. The molecule has 0 saturated carbocycles. The van der Waals surface area contributed by atoms with Crippen molar-refractivity contribution >= 4 is 56.5 Å². The van der Waals surface area contributed by atoms with E-state index in [1.165, 1.54) is 4.90 Å². The number of ether oxygens (including phenoxy) is 1. The predicted molar refractivity (Wildman–Crippen MR) is 142 cm³/mol. The first-order valence-electron chi connectivity index (χ1n) is 10.9. The van der Waals surface area contributed by atoms with E-state index in [0.29, 0.717) is 10.7 Å². The van der Waals surface area contributed by atoms with Crippen molar-refractivity contribution in [3.63, 3.8) is 0 Å². The molecule has 3 amide bonds. The van der Waals surface area contributed by atoms with Gasteiger partial charge in [-0.2, -0.15) is 0 Å². The van der Waals surface area contributed by atoms with Crippen molar-refractivity contribution in [3.05, 3.63) is 98.4 Å². The molecular formula is C27H23BrN2O4S. The van der Waals surface area contributed by atoms with E-state index in [9.17, 15) is 14.4 Å². The van der Waals surface area contributed by atoms with Gasteiger partial charge in [0.15, 0.2) is 6.61 Å². The van der Waals surface area contributed by atoms with Gasteiger partial charge in [0.05, 0.1) is 11.4 Å². The zero-order valence-corrected chi connectivity index (χ0v) is 21.6. The summed E-state index contributed by atoms with van der Waals surface area (Å²) in [6.45, 7) is 4.10. The fraction of sp³-hybridized carbons (Fsp3) is 0.148. The number of thioether (sulfide) groups is 1. The van der Waals surface area contributed by atoms with Crippen LogP contribution in [0.3, 0.4) is 0 Å². The Morgan fingerprint density at radius 1 is 1.03 bits per heavy atom. The Labute approximate surface area is 216 Å². The third-order valence-corrected chi connectivity index (χ3v) is 6.84. The Bertz CT molecular complexity index is 1320. The molecule has 4 rings (SSSR count). The largest absolute Gasteiger partial charge is 0.484 e. The summed E-state index contributed by atoms with van der Waals surface area (Å²) < 4.78 is 6.47. The van der Waals surface area contributed by atoms with Crippen LogP contribution >= 0.6 is 27.7 Å². The Morgan fingerprint density at radius 2 is 1.80 bits per heavy atom. The van der Waals surface area contributed by atoms with Crippen LogP contribution in [0, 0.1) is 13.8 Å². The highest BCUT2D eigenvalue weighted by molar-refractivity contribution is 9.10. The van der Waals surface area contributed by atoms with Crippen molar-refractivity contribution in [2.45, 2.75) is 20.4 Å². The molecule has 1 N–H and O–H groups in total. The zero-order chi connectivity index (χ0) is 24.9. The van der Waals surface area contributed by atoms with E-state index < -0.39 is 0 Å². The first kappa shape index (κ1) is 24.8. The van der Waals surface area contributed by atoms with Gasteiger partial charge in [0.2, 0.25) is 0 Å². The fourth-order valence-electron chi connectivity index (χ4n) is 3.43. The normalized spacial score (nSPS) is 14.5. The van der Waals surface area contributed by atoms with E-state index >= 15 is 0 Å². The van der Waals surface area contributed by atoms with Gasteiger partial charge in [-0.15, -0.1) is 0 Å². The molecule has 1 aliphatic heterocycles. The number of rotatable bonds is 7. The molecule has 1 saturated heterocycles. The summed E-state index contributed by atoms with van der Waals surface area (Å²) >= 11 is 4.33. The van der Waals surface area contributed by atoms with E-state index in [4.69, 9.17) is 4.74 Å². The van der Waals surface area contributed by atoms with Gasteiger partial charge in [-0.05, 0) is 90.3 Å². The molecule has 8 heteroatoms. The summed E-state index contributed by atoms with van der Waals surface area (Å²) in [5.74, 6) is -0.0417. The number of aryl methyl sites for hydroxylation is 2. The highest BCUT2D eigenvalue weighted by atomic mass is 79.9. The van der Waals surface area contributed by atoms with Crippen LogP contribution < -0.4 is 10.1 Å². The zero-order valence-electron chi connectivity index (χ0n) is 19.2. The lowest BCUT2D eigenvalue weighted by atomic mass is 10.1. The Kier molecular flexibility index (Phi) is 7.73. The third-order valence-electron chi connectivity index (χ3n) is 5.44. The second-order valence-corrected chi connectivity index (χ2v) is 10.0. The molecule has 1 fully saturated rings. The number of hydrogen-bond donors (Lipinski definition) is 1. The van der Waals surface area contributed by atoms with Crippen LogP contribution in [0.5, 0.6) is 5.75 Å². The minimum absolute atomic E-state index is 0.124. The van der Waals surface area contributed by atoms with Gasteiger partial charge in [0.25, 0.3) is 17.1 Å². The van der Waals surface area contributed by atoms with Crippen molar-refractivity contribution in [1.82, 2.24) is 4.90 Å². The second-order valence-electron chi connectivity index (χ2n) is 8.10. The lowest BCUT2D eigenvalue weighted by Gasteiger charge is -2.12. The van der Waals surface area contributed by atoms with E-state index in [2.05, 4.69) is 21.2 Å². The number of amides is 3. The van der Waals surface area contributed by atoms with E-state index in [0.717, 1.165) is 44.2 Å². The van der Waals surface area contributed by atoms with Gasteiger partial charge in [-0.1, -0.05) is 46.3 Å². The number of anilines is 1. The molecule has 1 aliphatic rings. The smallest absolute Gasteiger partial charge is 0.293 e. The summed E-state index contributed by atoms with van der Waals surface area (Å²) in [7, 11) is 0. The van der Waals surface area contributed by atoms with Crippen molar-refractivity contribution in [2.24, 2.45) is 0 Å². The third kappa shape index (κ3) is 6.41. The molecule has 0 unspecified atom stereocenters. The molecule has 3 aromatic rings. The van der Waals surface area contributed by atoms with E-state index in [-0.39, 0.29) is 30.2 Å². The molecule has 6 nitrogen and oxygen atoms in total. The van der Waals surface area contributed by atoms with Crippen molar-refractivity contribution in [1.29, 1.82) is 0 Å². The number of carbonyl (C=O) groups excluding carboxylic acids is 3. The van der Waals surface area contributed by atoms with Crippen molar-refractivity contribution in [3.8, 4) is 5.75 Å². The van der Waals surface area contributed by atoms with Crippen LogP contribution in [0.4, 0.5) is 10.5 Å². The quantitative estimate of drug-likeness (QED) is 0.348. The molecule has 0 atom stereocenters. The topological polar surface area (TPSA) is 75.7 Å². The molecule has 35 heavy (non-hydrogen) atoms. The SMILES string of the molecule is Cc1ccc(NC(=O)COc2ccc(/C=C3\SC(=O)N(Cc4cccc(Br)c4)C3=O)cc2)cc1C. The highest BCUT2D eigenvalue weighted by Gasteiger charge is 2.34. The van der Waals surface area contributed by atoms with Gasteiger partial charge in [0.1, 0.15) is 5.75 Å². The summed E-state index contributed by atoms with van der Waals surface area (Å²) in [4.78, 5) is 39.0. The fourth-order valence-corrected chi connectivity index (χ4v) is 4.72. The van der Waals surface area contributed by atoms with Crippen molar-refractivity contribution in [2.75, 3.05) is 11.9 Å². The Hall–Kier alpha value is -3.36. The molecule has 0 spiro atoms. The van der Waals surface area contributed by atoms with Crippen LogP contribution in [-0.2, 0) is 16.1 Å². The summed E-state index contributed by atoms with van der Waals surface area (Å²) in [5.41, 5.74) is 4.61. The number of carbonyl (C=O) groups is 3. The number of halogens is 1. The van der Waals surface area contributed by atoms with E-state index in [1.807, 2.05) is 56.3 Å². The lowest BCUT2D eigenvalue weighted by Crippen LogP contribution is -2.27.